The Kier molecular flexibility index (Phi) is 2.06. The average molecular weight is 200 g/mol. The van der Waals surface area contributed by atoms with Crippen LogP contribution in [0.2, 0.25) is 5.02 Å². The zero-order valence-corrected chi connectivity index (χ0v) is 7.71. The lowest BCUT2D eigenvalue weighted by Gasteiger charge is -2.23. The Morgan fingerprint density at radius 3 is 3.08 bits per heavy atom. The van der Waals surface area contributed by atoms with Gasteiger partial charge in [0.15, 0.2) is 11.5 Å². The summed E-state index contributed by atoms with van der Waals surface area (Å²) in [7, 11) is 0. The van der Waals surface area contributed by atoms with Crippen LogP contribution in [-0.2, 0) is 0 Å². The van der Waals surface area contributed by atoms with Crippen molar-refractivity contribution in [3.63, 3.8) is 0 Å². The smallest absolute Gasteiger partial charge is 0.177 e. The minimum atomic E-state index is -0.0630. The van der Waals surface area contributed by atoms with Crippen molar-refractivity contribution in [3.05, 3.63) is 22.7 Å². The lowest BCUT2D eigenvalue weighted by Crippen LogP contribution is -2.20. The highest BCUT2D eigenvalue weighted by Crippen LogP contribution is 2.41. The van der Waals surface area contributed by atoms with Crippen LogP contribution in [0.3, 0.4) is 0 Å². The van der Waals surface area contributed by atoms with Gasteiger partial charge in [0.05, 0.1) is 11.6 Å². The monoisotopic (exact) mass is 199 g/mol. The summed E-state index contributed by atoms with van der Waals surface area (Å²) in [6, 6.07) is 3.36. The van der Waals surface area contributed by atoms with Gasteiger partial charge >= 0.3 is 0 Å². The molecule has 1 aliphatic heterocycles. The van der Waals surface area contributed by atoms with Gasteiger partial charge in [0, 0.05) is 18.0 Å². The van der Waals surface area contributed by atoms with Crippen LogP contribution in [0.5, 0.6) is 11.5 Å². The topological polar surface area (TPSA) is 55.5 Å². The largest absolute Gasteiger partial charge is 0.503 e. The van der Waals surface area contributed by atoms with Gasteiger partial charge in [-0.15, -0.1) is 0 Å². The summed E-state index contributed by atoms with van der Waals surface area (Å²) in [5.74, 6) is 0.431. The van der Waals surface area contributed by atoms with E-state index in [1.165, 1.54) is 0 Å². The second-order valence-electron chi connectivity index (χ2n) is 3.06. The van der Waals surface area contributed by atoms with Crippen molar-refractivity contribution < 1.29 is 9.84 Å². The van der Waals surface area contributed by atoms with Crippen LogP contribution in [0.4, 0.5) is 0 Å². The van der Waals surface area contributed by atoms with Crippen molar-refractivity contribution in [1.82, 2.24) is 0 Å². The molecule has 70 valence electrons. The van der Waals surface area contributed by atoms with Crippen molar-refractivity contribution in [2.45, 2.75) is 12.5 Å². The number of halogens is 1. The Morgan fingerprint density at radius 1 is 1.54 bits per heavy atom. The summed E-state index contributed by atoms with van der Waals surface area (Å²) >= 11 is 5.72. The maximum absolute atomic E-state index is 9.55. The predicted octanol–water partition coefficient (Wildman–Crippen LogP) is 1.83. The van der Waals surface area contributed by atoms with E-state index in [9.17, 15) is 5.11 Å². The van der Waals surface area contributed by atoms with Crippen LogP contribution in [0, 0.1) is 0 Å². The number of fused-ring (bicyclic) bond motifs is 1. The number of nitrogens with two attached hydrogens (primary N) is 1. The highest BCUT2D eigenvalue weighted by atomic mass is 35.5. The standard InChI is InChI=1S/C9H10ClNO2/c10-6-2-1-5-7(11)3-4-13-9(5)8(6)12/h1-2,7,12H,3-4,11H2. The first-order valence-corrected chi connectivity index (χ1v) is 4.47. The van der Waals surface area contributed by atoms with E-state index < -0.39 is 0 Å². The zero-order chi connectivity index (χ0) is 9.42. The first kappa shape index (κ1) is 8.66. The van der Waals surface area contributed by atoms with Crippen LogP contribution in [-0.4, -0.2) is 11.7 Å². The summed E-state index contributed by atoms with van der Waals surface area (Å²) in [6.07, 6.45) is 0.772. The lowest BCUT2D eigenvalue weighted by atomic mass is 10.0. The van der Waals surface area contributed by atoms with Crippen molar-refractivity contribution in [2.24, 2.45) is 5.73 Å². The average Bonchev–Trinajstić information content (AvgIpc) is 2.12. The zero-order valence-electron chi connectivity index (χ0n) is 6.96. The molecule has 3 nitrogen and oxygen atoms in total. The lowest BCUT2D eigenvalue weighted by molar-refractivity contribution is 0.255. The molecule has 0 aliphatic carbocycles. The van der Waals surface area contributed by atoms with Gasteiger partial charge in [-0.1, -0.05) is 17.7 Å². The maximum atomic E-state index is 9.55. The summed E-state index contributed by atoms with van der Waals surface area (Å²) in [4.78, 5) is 0. The van der Waals surface area contributed by atoms with Gasteiger partial charge in [-0.3, -0.25) is 0 Å². The van der Waals surface area contributed by atoms with Gasteiger partial charge in [0.1, 0.15) is 0 Å². The van der Waals surface area contributed by atoms with Gasteiger partial charge in [0.25, 0.3) is 0 Å². The van der Waals surface area contributed by atoms with E-state index in [0.29, 0.717) is 17.4 Å². The van der Waals surface area contributed by atoms with Crippen LogP contribution >= 0.6 is 11.6 Å². The fourth-order valence-electron chi connectivity index (χ4n) is 1.45. The first-order chi connectivity index (χ1) is 6.20. The molecule has 0 aromatic heterocycles. The molecule has 13 heavy (non-hydrogen) atoms. The molecule has 0 spiro atoms. The molecule has 0 saturated carbocycles. The molecule has 1 aliphatic rings. The number of aromatic hydroxyl groups is 1. The third-order valence-electron chi connectivity index (χ3n) is 2.19. The molecular weight excluding hydrogens is 190 g/mol. The van der Waals surface area contributed by atoms with Gasteiger partial charge in [-0.05, 0) is 6.07 Å². The summed E-state index contributed by atoms with van der Waals surface area (Å²) in [5.41, 5.74) is 6.66. The molecular formula is C9H10ClNO2. The van der Waals surface area contributed by atoms with Crippen LogP contribution in [0.1, 0.15) is 18.0 Å². The van der Waals surface area contributed by atoms with Gasteiger partial charge in [-0.25, -0.2) is 0 Å². The molecule has 0 fully saturated rings. The predicted molar refractivity (Wildman–Crippen MR) is 50.2 cm³/mol. The fraction of sp³-hybridized carbons (Fsp3) is 0.333. The third-order valence-corrected chi connectivity index (χ3v) is 2.49. The fourth-order valence-corrected chi connectivity index (χ4v) is 1.60. The quantitative estimate of drug-likeness (QED) is 0.670. The Morgan fingerprint density at radius 2 is 2.31 bits per heavy atom. The molecule has 0 saturated heterocycles. The Hall–Kier alpha value is -0.930. The van der Waals surface area contributed by atoms with Crippen molar-refractivity contribution >= 4 is 11.6 Å². The van der Waals surface area contributed by atoms with E-state index >= 15 is 0 Å². The first-order valence-electron chi connectivity index (χ1n) is 4.10. The molecule has 0 radical (unpaired) electrons. The normalized spacial score (nSPS) is 20.6. The number of benzene rings is 1. The van der Waals surface area contributed by atoms with Crippen molar-refractivity contribution in [1.29, 1.82) is 0 Å². The molecule has 1 atom stereocenters. The molecule has 0 bridgehead atoms. The van der Waals surface area contributed by atoms with Gasteiger partial charge in [0.2, 0.25) is 0 Å². The maximum Gasteiger partial charge on any atom is 0.177 e. The molecule has 1 unspecified atom stereocenters. The summed E-state index contributed by atoms with van der Waals surface area (Å²) < 4.78 is 5.29. The number of hydrogen-bond donors (Lipinski definition) is 2. The van der Waals surface area contributed by atoms with Crippen LogP contribution in [0.25, 0.3) is 0 Å². The van der Waals surface area contributed by atoms with E-state index in [4.69, 9.17) is 22.1 Å². The van der Waals surface area contributed by atoms with E-state index in [1.807, 2.05) is 0 Å². The molecule has 2 rings (SSSR count). The van der Waals surface area contributed by atoms with Crippen molar-refractivity contribution in [3.8, 4) is 11.5 Å². The SMILES string of the molecule is NC1CCOc2c1ccc(Cl)c2O. The number of hydrogen-bond acceptors (Lipinski definition) is 3. The highest BCUT2D eigenvalue weighted by molar-refractivity contribution is 6.32. The molecule has 1 aromatic rings. The van der Waals surface area contributed by atoms with Crippen LogP contribution in [0.15, 0.2) is 12.1 Å². The third kappa shape index (κ3) is 1.34. The van der Waals surface area contributed by atoms with Gasteiger partial charge in [-0.2, -0.15) is 0 Å². The second-order valence-corrected chi connectivity index (χ2v) is 3.47. The molecule has 1 heterocycles. The van der Waals surface area contributed by atoms with Crippen LogP contribution < -0.4 is 10.5 Å². The molecule has 3 N–H and O–H groups in total. The van der Waals surface area contributed by atoms with E-state index in [0.717, 1.165) is 12.0 Å². The molecule has 0 amide bonds. The van der Waals surface area contributed by atoms with Crippen molar-refractivity contribution in [2.75, 3.05) is 6.61 Å². The minimum Gasteiger partial charge on any atom is -0.503 e. The Bertz CT molecular complexity index is 341. The molecule has 1 aromatic carbocycles. The number of ether oxygens (including phenoxy) is 1. The Balaban J connectivity index is 2.56. The Labute approximate surface area is 81.1 Å². The van der Waals surface area contributed by atoms with E-state index in [2.05, 4.69) is 0 Å². The second kappa shape index (κ2) is 3.09. The number of rotatable bonds is 0. The van der Waals surface area contributed by atoms with E-state index in [-0.39, 0.29) is 11.8 Å². The molecule has 4 heteroatoms. The van der Waals surface area contributed by atoms with E-state index in [1.54, 1.807) is 12.1 Å². The van der Waals surface area contributed by atoms with Gasteiger partial charge < -0.3 is 15.6 Å². The summed E-state index contributed by atoms with van der Waals surface area (Å²) in [5, 5.41) is 9.85. The minimum absolute atomic E-state index is 0.00526. The number of phenols is 1. The number of phenolic OH excluding ortho intramolecular Hbond substituents is 1. The summed E-state index contributed by atoms with van der Waals surface area (Å²) in [6.45, 7) is 0.530. The highest BCUT2D eigenvalue weighted by Gasteiger charge is 2.22.